The van der Waals surface area contributed by atoms with E-state index in [1.54, 1.807) is 18.3 Å². The van der Waals surface area contributed by atoms with Gasteiger partial charge in [-0.2, -0.15) is 20.3 Å². The highest BCUT2D eigenvalue weighted by Crippen LogP contribution is 2.29. The average molecular weight is 285 g/mol. The Kier molecular flexibility index (Phi) is 2.97. The predicted molar refractivity (Wildman–Crippen MR) is 75.9 cm³/mol. The van der Waals surface area contributed by atoms with Crippen LogP contribution in [0.1, 0.15) is 5.56 Å². The summed E-state index contributed by atoms with van der Waals surface area (Å²) in [6.45, 7) is 0. The third-order valence-electron chi connectivity index (χ3n) is 2.94. The number of benzene rings is 1. The van der Waals surface area contributed by atoms with Crippen molar-refractivity contribution in [2.45, 2.75) is 0 Å². The summed E-state index contributed by atoms with van der Waals surface area (Å²) >= 11 is 5.92. The second-order valence-electron chi connectivity index (χ2n) is 4.17. The fraction of sp³-hybridized carbons (Fsp3) is 0.0769. The van der Waals surface area contributed by atoms with Crippen molar-refractivity contribution in [3.05, 3.63) is 41.3 Å². The third-order valence-corrected chi connectivity index (χ3v) is 3.11. The second-order valence-corrected chi connectivity index (χ2v) is 4.51. The van der Waals surface area contributed by atoms with Gasteiger partial charge >= 0.3 is 0 Å². The van der Waals surface area contributed by atoms with Gasteiger partial charge in [0.15, 0.2) is 5.65 Å². The minimum atomic E-state index is 0.139. The molecule has 0 radical (unpaired) electrons. The zero-order valence-corrected chi connectivity index (χ0v) is 11.3. The van der Waals surface area contributed by atoms with E-state index in [9.17, 15) is 0 Å². The van der Waals surface area contributed by atoms with Crippen molar-refractivity contribution in [1.82, 2.24) is 20.2 Å². The Bertz CT molecular complexity index is 819. The molecule has 2 heterocycles. The van der Waals surface area contributed by atoms with Crippen LogP contribution < -0.4 is 4.90 Å². The second kappa shape index (κ2) is 4.79. The first-order valence-electron chi connectivity index (χ1n) is 5.79. The maximum atomic E-state index is 8.97. The Labute approximate surface area is 119 Å². The fourth-order valence-electron chi connectivity index (χ4n) is 1.96. The van der Waals surface area contributed by atoms with Gasteiger partial charge in [0.2, 0.25) is 5.28 Å². The van der Waals surface area contributed by atoms with Crippen molar-refractivity contribution in [3.63, 3.8) is 0 Å². The number of aromatic amines is 1. The Morgan fingerprint density at radius 3 is 3.00 bits per heavy atom. The van der Waals surface area contributed by atoms with E-state index >= 15 is 0 Å². The van der Waals surface area contributed by atoms with Gasteiger partial charge in [0.25, 0.3) is 0 Å². The van der Waals surface area contributed by atoms with E-state index in [0.29, 0.717) is 17.0 Å². The van der Waals surface area contributed by atoms with Crippen LogP contribution in [0.3, 0.4) is 0 Å². The van der Waals surface area contributed by atoms with Crippen molar-refractivity contribution in [2.75, 3.05) is 11.9 Å². The van der Waals surface area contributed by atoms with E-state index in [2.05, 4.69) is 26.2 Å². The van der Waals surface area contributed by atoms with Crippen LogP contribution in [-0.4, -0.2) is 27.2 Å². The van der Waals surface area contributed by atoms with Gasteiger partial charge in [-0.15, -0.1) is 0 Å². The van der Waals surface area contributed by atoms with Crippen LogP contribution in [0.5, 0.6) is 0 Å². The van der Waals surface area contributed by atoms with Crippen molar-refractivity contribution >= 4 is 34.1 Å². The zero-order valence-electron chi connectivity index (χ0n) is 10.5. The standard InChI is InChI=1S/C13H9ClN6/c1-20(9-4-2-3-8(5-9)6-15)12-10-7-16-19-11(10)17-13(14)18-12/h2-5,7H,1H3,(H,16,17,18,19). The molecule has 0 atom stereocenters. The van der Waals surface area contributed by atoms with E-state index in [1.807, 2.05) is 24.1 Å². The normalized spacial score (nSPS) is 10.4. The molecule has 3 aromatic rings. The molecule has 0 aliphatic heterocycles. The fourth-order valence-corrected chi connectivity index (χ4v) is 2.12. The smallest absolute Gasteiger partial charge is 0.226 e. The summed E-state index contributed by atoms with van der Waals surface area (Å²) in [7, 11) is 1.85. The SMILES string of the molecule is CN(c1cccc(C#N)c1)c1nc(Cl)nc2[nH]ncc12. The highest BCUT2D eigenvalue weighted by molar-refractivity contribution is 6.28. The van der Waals surface area contributed by atoms with Gasteiger partial charge in [-0.05, 0) is 29.8 Å². The van der Waals surface area contributed by atoms with E-state index < -0.39 is 0 Å². The summed E-state index contributed by atoms with van der Waals surface area (Å²) in [5.74, 6) is 0.629. The van der Waals surface area contributed by atoms with E-state index in [4.69, 9.17) is 16.9 Å². The molecule has 0 spiro atoms. The lowest BCUT2D eigenvalue weighted by molar-refractivity contribution is 1.08. The molecule has 0 amide bonds. The molecule has 1 aromatic carbocycles. The molecule has 6 nitrogen and oxygen atoms in total. The number of nitrogens with one attached hydrogen (secondary N) is 1. The molecule has 0 saturated carbocycles. The molecule has 7 heteroatoms. The van der Waals surface area contributed by atoms with Crippen LogP contribution in [0, 0.1) is 11.3 Å². The molecule has 0 unspecified atom stereocenters. The number of hydrogen-bond donors (Lipinski definition) is 1. The van der Waals surface area contributed by atoms with E-state index in [1.165, 1.54) is 0 Å². The number of rotatable bonds is 2. The Hall–Kier alpha value is -2.65. The Balaban J connectivity index is 2.14. The lowest BCUT2D eigenvalue weighted by Crippen LogP contribution is -2.12. The number of anilines is 2. The maximum Gasteiger partial charge on any atom is 0.226 e. The number of hydrogen-bond acceptors (Lipinski definition) is 5. The minimum Gasteiger partial charge on any atom is -0.329 e. The van der Waals surface area contributed by atoms with Gasteiger partial charge in [-0.25, -0.2) is 0 Å². The van der Waals surface area contributed by atoms with Crippen molar-refractivity contribution in [2.24, 2.45) is 0 Å². The zero-order chi connectivity index (χ0) is 14.1. The molecule has 3 rings (SSSR count). The predicted octanol–water partition coefficient (Wildman–Crippen LogP) is 2.65. The summed E-state index contributed by atoms with van der Waals surface area (Å²) in [5.41, 5.74) is 1.99. The van der Waals surface area contributed by atoms with Crippen molar-refractivity contribution in [3.8, 4) is 6.07 Å². The molecule has 2 aromatic heterocycles. The number of aromatic nitrogens is 4. The third kappa shape index (κ3) is 2.04. The molecule has 0 bridgehead atoms. The van der Waals surface area contributed by atoms with Crippen LogP contribution in [0.15, 0.2) is 30.5 Å². The van der Waals surface area contributed by atoms with Crippen LogP contribution in [-0.2, 0) is 0 Å². The highest BCUT2D eigenvalue weighted by atomic mass is 35.5. The van der Waals surface area contributed by atoms with Crippen LogP contribution in [0.4, 0.5) is 11.5 Å². The molecule has 0 aliphatic carbocycles. The summed E-state index contributed by atoms with van der Waals surface area (Å²) in [5, 5.41) is 16.6. The van der Waals surface area contributed by atoms with E-state index in [0.717, 1.165) is 11.1 Å². The van der Waals surface area contributed by atoms with Gasteiger partial charge in [0.05, 0.1) is 23.2 Å². The van der Waals surface area contributed by atoms with Gasteiger partial charge in [-0.3, -0.25) is 5.10 Å². The molecular weight excluding hydrogens is 276 g/mol. The first-order valence-corrected chi connectivity index (χ1v) is 6.17. The molecule has 0 fully saturated rings. The average Bonchev–Trinajstić information content (AvgIpc) is 2.93. The molecular formula is C13H9ClN6. The quantitative estimate of drug-likeness (QED) is 0.732. The number of H-pyrrole nitrogens is 1. The first kappa shape index (κ1) is 12.4. The molecule has 0 saturated heterocycles. The van der Waals surface area contributed by atoms with Crippen LogP contribution in [0.25, 0.3) is 11.0 Å². The first-order chi connectivity index (χ1) is 9.69. The largest absolute Gasteiger partial charge is 0.329 e. The number of fused-ring (bicyclic) bond motifs is 1. The summed E-state index contributed by atoms with van der Waals surface area (Å²) in [4.78, 5) is 10.1. The molecule has 0 aliphatic rings. The molecule has 1 N–H and O–H groups in total. The van der Waals surface area contributed by atoms with Gasteiger partial charge < -0.3 is 4.90 Å². The number of halogens is 1. The van der Waals surface area contributed by atoms with Crippen molar-refractivity contribution in [1.29, 1.82) is 5.26 Å². The lowest BCUT2D eigenvalue weighted by Gasteiger charge is -2.19. The summed E-state index contributed by atoms with van der Waals surface area (Å²) in [6, 6.07) is 9.35. The topological polar surface area (TPSA) is 81.5 Å². The lowest BCUT2D eigenvalue weighted by atomic mass is 10.2. The molecule has 98 valence electrons. The highest BCUT2D eigenvalue weighted by Gasteiger charge is 2.14. The Morgan fingerprint density at radius 1 is 1.35 bits per heavy atom. The van der Waals surface area contributed by atoms with Gasteiger partial charge in [0, 0.05) is 12.7 Å². The van der Waals surface area contributed by atoms with Gasteiger partial charge in [0.1, 0.15) is 5.82 Å². The summed E-state index contributed by atoms with van der Waals surface area (Å²) < 4.78 is 0. The monoisotopic (exact) mass is 284 g/mol. The summed E-state index contributed by atoms with van der Waals surface area (Å²) in [6.07, 6.45) is 1.64. The number of nitriles is 1. The van der Waals surface area contributed by atoms with Gasteiger partial charge in [-0.1, -0.05) is 6.07 Å². The van der Waals surface area contributed by atoms with Crippen LogP contribution in [0.2, 0.25) is 5.28 Å². The maximum absolute atomic E-state index is 8.97. The molecule has 20 heavy (non-hydrogen) atoms. The van der Waals surface area contributed by atoms with Crippen LogP contribution >= 0.6 is 11.6 Å². The van der Waals surface area contributed by atoms with E-state index in [-0.39, 0.29) is 5.28 Å². The Morgan fingerprint density at radius 2 is 2.20 bits per heavy atom. The minimum absolute atomic E-state index is 0.139. The number of nitrogens with zero attached hydrogens (tertiary/aromatic N) is 5. The van der Waals surface area contributed by atoms with Crippen molar-refractivity contribution < 1.29 is 0 Å².